The minimum Gasteiger partial charge on any atom is -0.505 e. The monoisotopic (exact) mass is 281 g/mol. The van der Waals surface area contributed by atoms with Crippen molar-refractivity contribution in [1.29, 1.82) is 0 Å². The zero-order valence-electron chi connectivity index (χ0n) is 12.3. The van der Waals surface area contributed by atoms with Crippen molar-refractivity contribution in [2.75, 3.05) is 6.61 Å². The first-order valence-electron chi connectivity index (χ1n) is 7.44. The van der Waals surface area contributed by atoms with E-state index in [9.17, 15) is 9.50 Å². The molecule has 0 radical (unpaired) electrons. The van der Waals surface area contributed by atoms with E-state index in [4.69, 9.17) is 4.74 Å². The van der Waals surface area contributed by atoms with E-state index < -0.39 is 5.82 Å². The predicted octanol–water partition coefficient (Wildman–Crippen LogP) is 3.36. The zero-order chi connectivity index (χ0) is 14.6. The van der Waals surface area contributed by atoms with Crippen LogP contribution in [0.5, 0.6) is 5.75 Å². The highest BCUT2D eigenvalue weighted by Gasteiger charge is 2.34. The highest BCUT2D eigenvalue weighted by molar-refractivity contribution is 5.33. The fraction of sp³-hybridized carbons (Fsp3) is 0.625. The van der Waals surface area contributed by atoms with E-state index in [0.29, 0.717) is 18.2 Å². The molecular formula is C16H24FNO2. The molecule has 0 aliphatic carbocycles. The number of phenols is 1. The van der Waals surface area contributed by atoms with E-state index in [2.05, 4.69) is 19.2 Å². The quantitative estimate of drug-likeness (QED) is 0.869. The molecule has 4 heteroatoms. The van der Waals surface area contributed by atoms with Crippen LogP contribution in [0.3, 0.4) is 0 Å². The van der Waals surface area contributed by atoms with Crippen molar-refractivity contribution in [3.63, 3.8) is 0 Å². The van der Waals surface area contributed by atoms with E-state index in [0.717, 1.165) is 32.3 Å². The van der Waals surface area contributed by atoms with Gasteiger partial charge in [0.05, 0.1) is 5.60 Å². The molecule has 20 heavy (non-hydrogen) atoms. The zero-order valence-corrected chi connectivity index (χ0v) is 12.3. The third-order valence-electron chi connectivity index (χ3n) is 4.43. The minimum atomic E-state index is -0.562. The van der Waals surface area contributed by atoms with Crippen LogP contribution in [0.4, 0.5) is 4.39 Å². The number of nitrogens with one attached hydrogen (secondary N) is 1. The van der Waals surface area contributed by atoms with Crippen LogP contribution in [-0.2, 0) is 11.3 Å². The molecule has 1 aromatic carbocycles. The Balaban J connectivity index is 1.95. The lowest BCUT2D eigenvalue weighted by atomic mass is 9.86. The second-order valence-corrected chi connectivity index (χ2v) is 5.56. The Labute approximate surface area is 120 Å². The Morgan fingerprint density at radius 2 is 2.15 bits per heavy atom. The van der Waals surface area contributed by atoms with Crippen LogP contribution >= 0.6 is 0 Å². The van der Waals surface area contributed by atoms with Gasteiger partial charge in [-0.25, -0.2) is 4.39 Å². The number of hydrogen-bond acceptors (Lipinski definition) is 3. The van der Waals surface area contributed by atoms with Crippen LogP contribution in [0.15, 0.2) is 18.2 Å². The first-order chi connectivity index (χ1) is 9.60. The second-order valence-electron chi connectivity index (χ2n) is 5.56. The molecule has 3 nitrogen and oxygen atoms in total. The molecule has 1 fully saturated rings. The topological polar surface area (TPSA) is 41.5 Å². The van der Waals surface area contributed by atoms with Crippen LogP contribution in [0, 0.1) is 5.82 Å². The molecule has 0 saturated carbocycles. The van der Waals surface area contributed by atoms with Crippen LogP contribution < -0.4 is 5.32 Å². The van der Waals surface area contributed by atoms with Gasteiger partial charge in [0.15, 0.2) is 11.6 Å². The summed E-state index contributed by atoms with van der Waals surface area (Å²) in [5.41, 5.74) is 0.579. The van der Waals surface area contributed by atoms with Gasteiger partial charge in [-0.1, -0.05) is 26.0 Å². The van der Waals surface area contributed by atoms with E-state index in [1.165, 1.54) is 6.07 Å². The summed E-state index contributed by atoms with van der Waals surface area (Å²) in [6.45, 7) is 5.56. The molecule has 1 heterocycles. The second kappa shape index (κ2) is 6.55. The molecule has 2 N–H and O–H groups in total. The van der Waals surface area contributed by atoms with Crippen molar-refractivity contribution in [2.45, 2.75) is 57.7 Å². The van der Waals surface area contributed by atoms with Crippen LogP contribution in [0.1, 0.15) is 45.1 Å². The van der Waals surface area contributed by atoms with Crippen molar-refractivity contribution in [3.8, 4) is 5.75 Å². The Morgan fingerprint density at radius 1 is 1.40 bits per heavy atom. The fourth-order valence-electron chi connectivity index (χ4n) is 2.90. The van der Waals surface area contributed by atoms with Gasteiger partial charge >= 0.3 is 0 Å². The fourth-order valence-corrected chi connectivity index (χ4v) is 2.90. The lowest BCUT2D eigenvalue weighted by Crippen LogP contribution is -2.46. The summed E-state index contributed by atoms with van der Waals surface area (Å²) in [5.74, 6) is -0.808. The van der Waals surface area contributed by atoms with Gasteiger partial charge < -0.3 is 15.2 Å². The maximum absolute atomic E-state index is 13.3. The molecule has 1 unspecified atom stereocenters. The molecule has 1 aromatic rings. The average molecular weight is 281 g/mol. The van der Waals surface area contributed by atoms with Gasteiger partial charge in [0.1, 0.15) is 0 Å². The summed E-state index contributed by atoms with van der Waals surface area (Å²) < 4.78 is 19.2. The molecule has 1 atom stereocenters. The van der Waals surface area contributed by atoms with Crippen LogP contribution in [0.25, 0.3) is 0 Å². The number of para-hydroxylation sites is 1. The molecule has 1 aliphatic rings. The van der Waals surface area contributed by atoms with Crippen LogP contribution in [-0.4, -0.2) is 23.4 Å². The SMILES string of the molecule is CCC1(CC)CC(NCc2cccc(F)c2O)CCO1. The van der Waals surface area contributed by atoms with E-state index >= 15 is 0 Å². The maximum atomic E-state index is 13.3. The summed E-state index contributed by atoms with van der Waals surface area (Å²) in [7, 11) is 0. The third kappa shape index (κ3) is 3.30. The summed E-state index contributed by atoms with van der Waals surface area (Å²) in [6, 6.07) is 4.99. The smallest absolute Gasteiger partial charge is 0.165 e. The molecular weight excluding hydrogens is 257 g/mol. The summed E-state index contributed by atoms with van der Waals surface area (Å²) in [6.07, 6.45) is 3.94. The van der Waals surface area contributed by atoms with Gasteiger partial charge in [-0.15, -0.1) is 0 Å². The van der Waals surface area contributed by atoms with Gasteiger partial charge in [0, 0.05) is 24.8 Å². The van der Waals surface area contributed by atoms with Crippen molar-refractivity contribution in [2.24, 2.45) is 0 Å². The summed E-state index contributed by atoms with van der Waals surface area (Å²) in [5, 5.41) is 13.1. The molecule has 1 saturated heterocycles. The molecule has 0 aromatic heterocycles. The predicted molar refractivity (Wildman–Crippen MR) is 77.2 cm³/mol. The first-order valence-corrected chi connectivity index (χ1v) is 7.44. The molecule has 0 bridgehead atoms. The molecule has 0 spiro atoms. The van der Waals surface area contributed by atoms with Crippen molar-refractivity contribution < 1.29 is 14.2 Å². The minimum absolute atomic E-state index is 0.0279. The lowest BCUT2D eigenvalue weighted by molar-refractivity contribution is -0.0932. The standard InChI is InChI=1S/C16H24FNO2/c1-3-16(4-2)10-13(8-9-20-16)18-11-12-6-5-7-14(17)15(12)19/h5-7,13,18-19H,3-4,8-11H2,1-2H3. The maximum Gasteiger partial charge on any atom is 0.165 e. The Morgan fingerprint density at radius 3 is 2.85 bits per heavy atom. The number of ether oxygens (including phenoxy) is 1. The van der Waals surface area contributed by atoms with Gasteiger partial charge in [0.2, 0.25) is 0 Å². The Bertz CT molecular complexity index is 446. The van der Waals surface area contributed by atoms with Crippen molar-refractivity contribution >= 4 is 0 Å². The van der Waals surface area contributed by atoms with E-state index in [-0.39, 0.29) is 11.4 Å². The number of hydrogen-bond donors (Lipinski definition) is 2. The lowest BCUT2D eigenvalue weighted by Gasteiger charge is -2.40. The molecule has 0 amide bonds. The number of phenolic OH excluding ortho intramolecular Hbond substituents is 1. The van der Waals surface area contributed by atoms with Gasteiger partial charge in [-0.05, 0) is 31.7 Å². The van der Waals surface area contributed by atoms with Crippen molar-refractivity contribution in [1.82, 2.24) is 5.32 Å². The third-order valence-corrected chi connectivity index (χ3v) is 4.43. The summed E-state index contributed by atoms with van der Waals surface area (Å²) >= 11 is 0. The number of benzene rings is 1. The number of aromatic hydroxyl groups is 1. The average Bonchev–Trinajstić information content (AvgIpc) is 2.49. The van der Waals surface area contributed by atoms with Crippen LogP contribution in [0.2, 0.25) is 0 Å². The normalized spacial score (nSPS) is 21.9. The van der Waals surface area contributed by atoms with Gasteiger partial charge in [0.25, 0.3) is 0 Å². The molecule has 2 rings (SSSR count). The largest absolute Gasteiger partial charge is 0.505 e. The number of rotatable bonds is 5. The Hall–Kier alpha value is -1.13. The first kappa shape index (κ1) is 15.3. The molecule has 1 aliphatic heterocycles. The highest BCUT2D eigenvalue weighted by atomic mass is 19.1. The summed E-state index contributed by atoms with van der Waals surface area (Å²) in [4.78, 5) is 0. The van der Waals surface area contributed by atoms with Gasteiger partial charge in [-0.3, -0.25) is 0 Å². The number of halogens is 1. The Kier molecular flexibility index (Phi) is 5.00. The van der Waals surface area contributed by atoms with Gasteiger partial charge in [-0.2, -0.15) is 0 Å². The van der Waals surface area contributed by atoms with E-state index in [1.54, 1.807) is 12.1 Å². The molecule has 112 valence electrons. The highest BCUT2D eigenvalue weighted by Crippen LogP contribution is 2.31. The van der Waals surface area contributed by atoms with Crippen molar-refractivity contribution in [3.05, 3.63) is 29.6 Å². The van der Waals surface area contributed by atoms with E-state index in [1.807, 2.05) is 0 Å².